The third-order valence-corrected chi connectivity index (χ3v) is 9.01. The number of hydrazine groups is 1. The lowest BCUT2D eigenvalue weighted by molar-refractivity contribution is -0.525. The predicted octanol–water partition coefficient (Wildman–Crippen LogP) is 1.85. The first-order chi connectivity index (χ1) is 19.3. The number of nitrogens with two attached hydrogens (primary N) is 1. The summed E-state index contributed by atoms with van der Waals surface area (Å²) < 4.78 is 13.1. The van der Waals surface area contributed by atoms with Gasteiger partial charge in [-0.05, 0) is 74.3 Å². The van der Waals surface area contributed by atoms with E-state index in [0.717, 1.165) is 12.8 Å². The highest BCUT2D eigenvalue weighted by atomic mass is 16.7. The molecule has 1 aromatic rings. The summed E-state index contributed by atoms with van der Waals surface area (Å²) in [7, 11) is -0.601. The molecule has 4 fully saturated rings. The van der Waals surface area contributed by atoms with Crippen molar-refractivity contribution in [2.75, 3.05) is 6.54 Å². The molecule has 1 saturated heterocycles. The maximum Gasteiger partial charge on any atom is 0.481 e. The zero-order valence-corrected chi connectivity index (χ0v) is 24.5. The summed E-state index contributed by atoms with van der Waals surface area (Å²) in [4.78, 5) is 45.1. The summed E-state index contributed by atoms with van der Waals surface area (Å²) in [5, 5.41) is 15.6. The summed E-state index contributed by atoms with van der Waals surface area (Å²) >= 11 is 0. The minimum Gasteiger partial charge on any atom is -0.404 e. The van der Waals surface area contributed by atoms with E-state index in [1.54, 1.807) is 23.6 Å². The molecule has 2 heterocycles. The smallest absolute Gasteiger partial charge is 0.404 e. The normalized spacial score (nSPS) is 27.8. The summed E-state index contributed by atoms with van der Waals surface area (Å²) in [5.41, 5.74) is 7.24. The van der Waals surface area contributed by atoms with Crippen LogP contribution in [0.2, 0.25) is 0 Å². The molecule has 6 atom stereocenters. The Labute approximate surface area is 241 Å². The van der Waals surface area contributed by atoms with Gasteiger partial charge in [-0.1, -0.05) is 39.2 Å². The lowest BCUT2D eigenvalue weighted by atomic mass is 9.43. The maximum atomic E-state index is 13.7. The summed E-state index contributed by atoms with van der Waals surface area (Å²) in [6.45, 7) is 11.0. The Morgan fingerprint density at radius 3 is 2.66 bits per heavy atom. The number of hydrogen-bond acceptors (Lipinski definition) is 8. The minimum atomic E-state index is -0.912. The van der Waals surface area contributed by atoms with Crippen LogP contribution in [0.4, 0.5) is 0 Å². The number of carbonyl (C=O) groups excluding carboxylic acids is 2. The lowest BCUT2D eigenvalue weighted by Crippen LogP contribution is -2.65. The number of aromatic nitrogens is 1. The molecule has 3 saturated carbocycles. The molecule has 5 rings (SSSR count). The number of pyridine rings is 1. The number of nitrogens with one attached hydrogen (secondary N) is 3. The molecule has 0 unspecified atom stereocenters. The van der Waals surface area contributed by atoms with E-state index in [-0.39, 0.29) is 48.0 Å². The highest BCUT2D eigenvalue weighted by Gasteiger charge is 2.68. The van der Waals surface area contributed by atoms with E-state index in [0.29, 0.717) is 24.7 Å². The second-order valence-electron chi connectivity index (χ2n) is 12.6. The largest absolute Gasteiger partial charge is 0.481 e. The monoisotopic (exact) mass is 571 g/mol. The first-order valence-corrected chi connectivity index (χ1v) is 14.4. The van der Waals surface area contributed by atoms with Crippen molar-refractivity contribution in [2.24, 2.45) is 33.9 Å². The van der Waals surface area contributed by atoms with Crippen LogP contribution in [0, 0.1) is 33.3 Å². The van der Waals surface area contributed by atoms with E-state index in [2.05, 4.69) is 55.2 Å². The molecule has 4 aliphatic rings. The van der Waals surface area contributed by atoms with E-state index < -0.39 is 35.6 Å². The van der Waals surface area contributed by atoms with Crippen LogP contribution in [-0.4, -0.2) is 65.1 Å². The quantitative estimate of drug-likeness (QED) is 0.0726. The first kappa shape index (κ1) is 30.7. The molecule has 5 N–H and O–H groups in total. The number of nitro groups is 1. The van der Waals surface area contributed by atoms with Crippen molar-refractivity contribution in [1.29, 1.82) is 0 Å². The van der Waals surface area contributed by atoms with Crippen molar-refractivity contribution < 1.29 is 23.9 Å². The molecular formula is C27H42BN7O6. The van der Waals surface area contributed by atoms with Gasteiger partial charge in [0.1, 0.15) is 11.7 Å². The van der Waals surface area contributed by atoms with Crippen molar-refractivity contribution in [3.8, 4) is 0 Å². The third-order valence-electron chi connectivity index (χ3n) is 9.01. The highest BCUT2D eigenvalue weighted by Crippen LogP contribution is 2.65. The molecule has 1 aromatic heterocycles. The van der Waals surface area contributed by atoms with E-state index in [4.69, 9.17) is 15.0 Å². The summed E-state index contributed by atoms with van der Waals surface area (Å²) in [6, 6.07) is 4.04. The Kier molecular flexibility index (Phi) is 9.22. The van der Waals surface area contributed by atoms with Gasteiger partial charge in [0.25, 0.3) is 11.9 Å². The van der Waals surface area contributed by atoms with E-state index in [1.165, 1.54) is 6.20 Å². The zero-order valence-electron chi connectivity index (χ0n) is 24.5. The fourth-order valence-corrected chi connectivity index (χ4v) is 6.72. The van der Waals surface area contributed by atoms with Crippen LogP contribution in [-0.2, 0) is 14.1 Å². The van der Waals surface area contributed by atoms with Crippen LogP contribution >= 0.6 is 0 Å². The number of rotatable bonds is 12. The van der Waals surface area contributed by atoms with Crippen LogP contribution in [0.15, 0.2) is 29.4 Å². The molecule has 14 heteroatoms. The van der Waals surface area contributed by atoms with E-state index in [1.807, 2.05) is 0 Å². The number of amides is 2. The molecule has 3 aliphatic carbocycles. The lowest BCUT2D eigenvalue weighted by Gasteiger charge is -2.64. The molecule has 2 bridgehead atoms. The van der Waals surface area contributed by atoms with E-state index in [9.17, 15) is 19.7 Å². The van der Waals surface area contributed by atoms with Gasteiger partial charge in [0, 0.05) is 12.7 Å². The Morgan fingerprint density at radius 2 is 2.02 bits per heavy atom. The van der Waals surface area contributed by atoms with E-state index >= 15 is 0 Å². The molecule has 0 aromatic carbocycles. The van der Waals surface area contributed by atoms with Crippen LogP contribution < -0.4 is 21.8 Å². The third kappa shape index (κ3) is 6.80. The standard InChI is InChI=1S/C27H42BN7O6/c1-16(2)13-22(28-40-21-15-17-14-20(26(17,3)4)27(21,5)41-28)33-24(37)19(10-8-12-31-25(29)34-35(38)39)32-23(36)18-9-6-7-11-30-18/h6-7,9,11,16-17,19-22H,8,10,12-15H2,1-5H3,(H,32,36)(H,33,37)(H3,29,31,34)/t17-,19+,20-,21-,22+,27+/m1/s1. The van der Waals surface area contributed by atoms with Crippen LogP contribution in [0.25, 0.3) is 0 Å². The van der Waals surface area contributed by atoms with Crippen molar-refractivity contribution in [1.82, 2.24) is 21.0 Å². The Balaban J connectivity index is 1.46. The van der Waals surface area contributed by atoms with Crippen molar-refractivity contribution in [3.05, 3.63) is 40.2 Å². The molecule has 1 aliphatic heterocycles. The average Bonchev–Trinajstić information content (AvgIpc) is 3.26. The number of hydrogen-bond donors (Lipinski definition) is 4. The average molecular weight is 571 g/mol. The van der Waals surface area contributed by atoms with Crippen molar-refractivity contribution in [3.63, 3.8) is 0 Å². The molecule has 2 amide bonds. The number of guanidine groups is 1. The van der Waals surface area contributed by atoms with Gasteiger partial charge < -0.3 is 25.7 Å². The fourth-order valence-electron chi connectivity index (χ4n) is 6.72. The fraction of sp³-hybridized carbons (Fsp3) is 0.704. The summed E-state index contributed by atoms with van der Waals surface area (Å²) in [6.07, 6.45) is 4.74. The second-order valence-corrected chi connectivity index (χ2v) is 12.6. The minimum absolute atomic E-state index is 0.0217. The zero-order chi connectivity index (χ0) is 29.9. The number of aliphatic imine (C=N–C) groups is 1. The second kappa shape index (κ2) is 12.3. The van der Waals surface area contributed by atoms with Gasteiger partial charge in [0.15, 0.2) is 5.03 Å². The molecule has 224 valence electrons. The van der Waals surface area contributed by atoms with Crippen molar-refractivity contribution in [2.45, 2.75) is 90.4 Å². The molecule has 0 spiro atoms. The van der Waals surface area contributed by atoms with Gasteiger partial charge in [-0.15, -0.1) is 0 Å². The van der Waals surface area contributed by atoms with Crippen LogP contribution in [0.3, 0.4) is 0 Å². The first-order valence-electron chi connectivity index (χ1n) is 14.4. The Morgan fingerprint density at radius 1 is 1.27 bits per heavy atom. The van der Waals surface area contributed by atoms with Gasteiger partial charge in [-0.2, -0.15) is 0 Å². The SMILES string of the molecule is CC(C)C[C@H](NC(=O)[C@H](CCCN=C(N)N[N+](=O)[O-])NC(=O)c1ccccn1)B1O[C@@H]2C[C@H]3C[C@H](C3(C)C)[C@]2(C)O1. The van der Waals surface area contributed by atoms with Crippen molar-refractivity contribution >= 4 is 24.9 Å². The molecular weight excluding hydrogens is 529 g/mol. The molecule has 13 nitrogen and oxygen atoms in total. The number of carbonyl (C=O) groups is 2. The maximum absolute atomic E-state index is 13.7. The van der Waals surface area contributed by atoms with Gasteiger partial charge in [-0.3, -0.25) is 14.6 Å². The van der Waals surface area contributed by atoms with Gasteiger partial charge in [0.05, 0.1) is 17.6 Å². The Hall–Kier alpha value is -3.26. The Bertz CT molecular complexity index is 1150. The van der Waals surface area contributed by atoms with Gasteiger partial charge >= 0.3 is 7.12 Å². The van der Waals surface area contributed by atoms with Crippen LogP contribution in [0.5, 0.6) is 0 Å². The summed E-state index contributed by atoms with van der Waals surface area (Å²) in [5.74, 6) is -0.373. The predicted molar refractivity (Wildman–Crippen MR) is 153 cm³/mol. The highest BCUT2D eigenvalue weighted by molar-refractivity contribution is 6.48. The van der Waals surface area contributed by atoms with Gasteiger partial charge in [0.2, 0.25) is 5.91 Å². The number of nitrogens with zero attached hydrogens (tertiary/aromatic N) is 3. The topological polar surface area (TPSA) is 183 Å². The van der Waals surface area contributed by atoms with Gasteiger partial charge in [-0.25, -0.2) is 15.1 Å². The van der Waals surface area contributed by atoms with Crippen LogP contribution in [0.1, 0.15) is 77.2 Å². The molecule has 41 heavy (non-hydrogen) atoms. The molecule has 0 radical (unpaired) electrons.